The lowest BCUT2D eigenvalue weighted by Gasteiger charge is -2.31. The Balaban J connectivity index is 2.03. The summed E-state index contributed by atoms with van der Waals surface area (Å²) in [6.07, 6.45) is 2.54. The smallest absolute Gasteiger partial charge is 0.354 e. The average molecular weight is 291 g/mol. The van der Waals surface area contributed by atoms with Crippen molar-refractivity contribution in [3.63, 3.8) is 0 Å². The van der Waals surface area contributed by atoms with Gasteiger partial charge in [0.1, 0.15) is 5.69 Å². The summed E-state index contributed by atoms with van der Waals surface area (Å²) in [4.78, 5) is 40.1. The van der Waals surface area contributed by atoms with Crippen molar-refractivity contribution in [3.05, 3.63) is 29.6 Å². The van der Waals surface area contributed by atoms with Gasteiger partial charge in [0.25, 0.3) is 5.91 Å². The van der Waals surface area contributed by atoms with Crippen molar-refractivity contribution in [3.8, 4) is 0 Å². The molecule has 21 heavy (non-hydrogen) atoms. The Morgan fingerprint density at radius 2 is 2.00 bits per heavy atom. The molecule has 1 aliphatic heterocycles. The Morgan fingerprint density at radius 3 is 2.57 bits per heavy atom. The number of carbonyl (C=O) groups is 3. The number of hydrogen-bond acceptors (Lipinski definition) is 4. The Kier molecular flexibility index (Phi) is 4.52. The van der Waals surface area contributed by atoms with E-state index >= 15 is 0 Å². The summed E-state index contributed by atoms with van der Waals surface area (Å²) in [6.45, 7) is 0.975. The van der Waals surface area contributed by atoms with E-state index in [4.69, 9.17) is 5.11 Å². The second kappa shape index (κ2) is 6.34. The third-order valence-electron chi connectivity index (χ3n) is 3.63. The third kappa shape index (κ3) is 3.36. The maximum absolute atomic E-state index is 12.3. The zero-order valence-electron chi connectivity index (χ0n) is 11.7. The fourth-order valence-electron chi connectivity index (χ4n) is 2.41. The van der Waals surface area contributed by atoms with E-state index in [0.717, 1.165) is 0 Å². The highest BCUT2D eigenvalue weighted by molar-refractivity contribution is 5.96. The quantitative estimate of drug-likeness (QED) is 0.838. The van der Waals surface area contributed by atoms with Crippen LogP contribution in [0.1, 0.15) is 33.7 Å². The zero-order valence-corrected chi connectivity index (χ0v) is 11.7. The van der Waals surface area contributed by atoms with E-state index in [1.54, 1.807) is 11.9 Å². The van der Waals surface area contributed by atoms with Crippen LogP contribution in [0.5, 0.6) is 0 Å². The number of aromatic nitrogens is 1. The Bertz CT molecular complexity index is 565. The van der Waals surface area contributed by atoms with E-state index in [0.29, 0.717) is 31.5 Å². The molecule has 0 unspecified atom stereocenters. The highest BCUT2D eigenvalue weighted by Crippen LogP contribution is 2.19. The van der Waals surface area contributed by atoms with Gasteiger partial charge in [0, 0.05) is 37.8 Å². The van der Waals surface area contributed by atoms with Crippen molar-refractivity contribution in [1.29, 1.82) is 0 Å². The molecule has 0 aliphatic carbocycles. The van der Waals surface area contributed by atoms with E-state index < -0.39 is 5.97 Å². The maximum Gasteiger partial charge on any atom is 0.354 e. The second-order valence-electron chi connectivity index (χ2n) is 4.92. The summed E-state index contributed by atoms with van der Waals surface area (Å²) in [7, 11) is 1.60. The van der Waals surface area contributed by atoms with E-state index in [1.807, 2.05) is 0 Å². The number of amides is 2. The largest absolute Gasteiger partial charge is 0.477 e. The molecule has 2 rings (SSSR count). The van der Waals surface area contributed by atoms with Gasteiger partial charge < -0.3 is 15.3 Å². The van der Waals surface area contributed by atoms with Crippen LogP contribution in [0, 0.1) is 5.92 Å². The SMILES string of the molecule is CNC(=O)C1CCN(C(=O)c2ccnc(C(=O)O)c2)CC1. The molecule has 2 heterocycles. The van der Waals surface area contributed by atoms with Crippen LogP contribution in [0.3, 0.4) is 0 Å². The third-order valence-corrected chi connectivity index (χ3v) is 3.63. The van der Waals surface area contributed by atoms with Gasteiger partial charge in [-0.25, -0.2) is 9.78 Å². The van der Waals surface area contributed by atoms with Gasteiger partial charge in [-0.2, -0.15) is 0 Å². The zero-order chi connectivity index (χ0) is 15.4. The van der Waals surface area contributed by atoms with Crippen molar-refractivity contribution in [2.45, 2.75) is 12.8 Å². The highest BCUT2D eigenvalue weighted by Gasteiger charge is 2.27. The number of piperidine rings is 1. The number of pyridine rings is 1. The van der Waals surface area contributed by atoms with Crippen LogP contribution in [-0.4, -0.2) is 52.9 Å². The van der Waals surface area contributed by atoms with Crippen LogP contribution in [0.25, 0.3) is 0 Å². The number of aromatic carboxylic acids is 1. The topological polar surface area (TPSA) is 99.6 Å². The van der Waals surface area contributed by atoms with Crippen molar-refractivity contribution < 1.29 is 19.5 Å². The van der Waals surface area contributed by atoms with Crippen LogP contribution in [0.15, 0.2) is 18.3 Å². The minimum atomic E-state index is -1.16. The molecule has 1 aliphatic rings. The molecule has 0 bridgehead atoms. The van der Waals surface area contributed by atoms with Gasteiger partial charge in [-0.1, -0.05) is 0 Å². The molecule has 1 saturated heterocycles. The first-order chi connectivity index (χ1) is 10.0. The molecule has 1 aromatic rings. The van der Waals surface area contributed by atoms with Gasteiger partial charge in [0.05, 0.1) is 0 Å². The summed E-state index contributed by atoms with van der Waals surface area (Å²) in [6, 6.07) is 2.77. The Morgan fingerprint density at radius 1 is 1.33 bits per heavy atom. The number of hydrogen-bond donors (Lipinski definition) is 2. The molecule has 0 atom stereocenters. The van der Waals surface area contributed by atoms with Crippen molar-refractivity contribution >= 4 is 17.8 Å². The molecule has 0 radical (unpaired) electrons. The van der Waals surface area contributed by atoms with E-state index in [9.17, 15) is 14.4 Å². The lowest BCUT2D eigenvalue weighted by molar-refractivity contribution is -0.125. The first-order valence-electron chi connectivity index (χ1n) is 6.73. The summed E-state index contributed by atoms with van der Waals surface area (Å²) < 4.78 is 0. The number of rotatable bonds is 3. The van der Waals surface area contributed by atoms with Crippen molar-refractivity contribution in [2.75, 3.05) is 20.1 Å². The molecule has 2 N–H and O–H groups in total. The molecule has 0 saturated carbocycles. The first-order valence-corrected chi connectivity index (χ1v) is 6.73. The summed E-state index contributed by atoms with van der Waals surface area (Å²) in [5, 5.41) is 11.5. The predicted octanol–water partition coefficient (Wildman–Crippen LogP) is 0.378. The van der Waals surface area contributed by atoms with Gasteiger partial charge >= 0.3 is 5.97 Å². The van der Waals surface area contributed by atoms with E-state index in [1.165, 1.54) is 18.3 Å². The second-order valence-corrected chi connectivity index (χ2v) is 4.92. The number of carboxylic acid groups (broad SMARTS) is 1. The minimum Gasteiger partial charge on any atom is -0.477 e. The predicted molar refractivity (Wildman–Crippen MR) is 73.9 cm³/mol. The molecule has 1 aromatic heterocycles. The molecule has 0 aromatic carbocycles. The molecular formula is C14H17N3O4. The van der Waals surface area contributed by atoms with Gasteiger partial charge in [-0.15, -0.1) is 0 Å². The van der Waals surface area contributed by atoms with Crippen molar-refractivity contribution in [2.24, 2.45) is 5.92 Å². The minimum absolute atomic E-state index is 0.000765. The van der Waals surface area contributed by atoms with Crippen LogP contribution < -0.4 is 5.32 Å². The summed E-state index contributed by atoms with van der Waals surface area (Å²) in [5.74, 6) is -1.46. The number of carbonyl (C=O) groups excluding carboxylic acids is 2. The number of likely N-dealkylation sites (tertiary alicyclic amines) is 1. The number of carboxylic acids is 1. The molecule has 7 heteroatoms. The fourth-order valence-corrected chi connectivity index (χ4v) is 2.41. The normalized spacial score (nSPS) is 15.6. The highest BCUT2D eigenvalue weighted by atomic mass is 16.4. The van der Waals surface area contributed by atoms with Gasteiger partial charge in [0.2, 0.25) is 5.91 Å². The number of nitrogens with one attached hydrogen (secondary N) is 1. The molecule has 1 fully saturated rings. The van der Waals surface area contributed by atoms with Gasteiger partial charge in [-0.05, 0) is 25.0 Å². The summed E-state index contributed by atoms with van der Waals surface area (Å²) in [5.41, 5.74) is 0.155. The number of nitrogens with zero attached hydrogens (tertiary/aromatic N) is 2. The average Bonchev–Trinajstić information content (AvgIpc) is 2.53. The van der Waals surface area contributed by atoms with Crippen LogP contribution in [-0.2, 0) is 4.79 Å². The maximum atomic E-state index is 12.3. The Hall–Kier alpha value is -2.44. The van der Waals surface area contributed by atoms with Crippen LogP contribution in [0.4, 0.5) is 0 Å². The monoisotopic (exact) mass is 291 g/mol. The van der Waals surface area contributed by atoms with Crippen LogP contribution >= 0.6 is 0 Å². The standard InChI is InChI=1S/C14H17N3O4/c1-15-12(18)9-3-6-17(7-4-9)13(19)10-2-5-16-11(8-10)14(20)21/h2,5,8-9H,3-4,6-7H2,1H3,(H,15,18)(H,20,21). The van der Waals surface area contributed by atoms with Gasteiger partial charge in [0.15, 0.2) is 0 Å². The lowest BCUT2D eigenvalue weighted by atomic mass is 9.95. The summed E-state index contributed by atoms with van der Waals surface area (Å²) >= 11 is 0. The molecule has 0 spiro atoms. The molecule has 7 nitrogen and oxygen atoms in total. The van der Waals surface area contributed by atoms with E-state index in [-0.39, 0.29) is 23.4 Å². The van der Waals surface area contributed by atoms with E-state index in [2.05, 4.69) is 10.3 Å². The van der Waals surface area contributed by atoms with Crippen molar-refractivity contribution in [1.82, 2.24) is 15.2 Å². The Labute approximate surface area is 122 Å². The molecule has 2 amide bonds. The fraction of sp³-hybridized carbons (Fsp3) is 0.429. The van der Waals surface area contributed by atoms with Crippen LogP contribution in [0.2, 0.25) is 0 Å². The first kappa shape index (κ1) is 15.0. The lowest BCUT2D eigenvalue weighted by Crippen LogP contribution is -2.42. The molecule has 112 valence electrons. The molecular weight excluding hydrogens is 274 g/mol. The van der Waals surface area contributed by atoms with Gasteiger partial charge in [-0.3, -0.25) is 9.59 Å².